The van der Waals surface area contributed by atoms with E-state index in [4.69, 9.17) is 10.2 Å². The fourth-order valence-corrected chi connectivity index (χ4v) is 2.03. The van der Waals surface area contributed by atoms with Gasteiger partial charge in [0.15, 0.2) is 0 Å². The Balaban J connectivity index is 3.09. The zero-order chi connectivity index (χ0) is 12.6. The molecule has 0 spiro atoms. The molecular weight excluding hydrogens is 235 g/mol. The van der Waals surface area contributed by atoms with Crippen molar-refractivity contribution in [3.8, 4) is 5.75 Å². The summed E-state index contributed by atoms with van der Waals surface area (Å²) in [6.07, 6.45) is -4.44. The first-order valence-electron chi connectivity index (χ1n) is 4.75. The van der Waals surface area contributed by atoms with Crippen LogP contribution in [0.1, 0.15) is 5.56 Å². The number of alkyl halides is 3. The molecule has 2 nitrogen and oxygen atoms in total. The SMILES string of the molecule is C[Si](C)(C)Oc1ccc(N)c(C(F)(F)F)c1. The van der Waals surface area contributed by atoms with Crippen molar-refractivity contribution in [1.29, 1.82) is 0 Å². The highest BCUT2D eigenvalue weighted by atomic mass is 28.4. The summed E-state index contributed by atoms with van der Waals surface area (Å²) in [4.78, 5) is 0. The lowest BCUT2D eigenvalue weighted by Crippen LogP contribution is -2.29. The number of nitrogens with two attached hydrogens (primary N) is 1. The van der Waals surface area contributed by atoms with Crippen LogP contribution in [0.15, 0.2) is 18.2 Å². The lowest BCUT2D eigenvalue weighted by Gasteiger charge is -2.20. The van der Waals surface area contributed by atoms with E-state index in [0.29, 0.717) is 0 Å². The number of rotatable bonds is 2. The molecule has 0 aliphatic rings. The van der Waals surface area contributed by atoms with Gasteiger partial charge in [-0.15, -0.1) is 0 Å². The van der Waals surface area contributed by atoms with Crippen molar-refractivity contribution in [2.75, 3.05) is 5.73 Å². The van der Waals surface area contributed by atoms with Gasteiger partial charge in [0.05, 0.1) is 5.56 Å². The van der Waals surface area contributed by atoms with Crippen LogP contribution < -0.4 is 10.2 Å². The summed E-state index contributed by atoms with van der Waals surface area (Å²) >= 11 is 0. The highest BCUT2D eigenvalue weighted by Gasteiger charge is 2.33. The molecule has 0 saturated carbocycles. The van der Waals surface area contributed by atoms with Gasteiger partial charge < -0.3 is 10.2 Å². The maximum atomic E-state index is 12.5. The van der Waals surface area contributed by atoms with Gasteiger partial charge in [-0.25, -0.2) is 0 Å². The molecule has 1 rings (SSSR count). The van der Waals surface area contributed by atoms with Crippen LogP contribution in [0.2, 0.25) is 19.6 Å². The van der Waals surface area contributed by atoms with Gasteiger partial charge in [0.25, 0.3) is 0 Å². The molecule has 0 bridgehead atoms. The summed E-state index contributed by atoms with van der Waals surface area (Å²) < 4.78 is 43.1. The van der Waals surface area contributed by atoms with Gasteiger partial charge in [0, 0.05) is 5.69 Å². The second-order valence-electron chi connectivity index (χ2n) is 4.46. The van der Waals surface area contributed by atoms with E-state index < -0.39 is 20.1 Å². The molecule has 6 heteroatoms. The minimum absolute atomic E-state index is 0.223. The molecule has 1 aromatic rings. The summed E-state index contributed by atoms with van der Waals surface area (Å²) in [5.74, 6) is 0.223. The number of hydrogen-bond acceptors (Lipinski definition) is 2. The summed E-state index contributed by atoms with van der Waals surface area (Å²) in [6.45, 7) is 5.70. The minimum Gasteiger partial charge on any atom is -0.544 e. The number of anilines is 1. The highest BCUT2D eigenvalue weighted by molar-refractivity contribution is 6.70. The Morgan fingerprint density at radius 1 is 1.19 bits per heavy atom. The highest BCUT2D eigenvalue weighted by Crippen LogP contribution is 2.36. The van der Waals surface area contributed by atoms with Crippen molar-refractivity contribution < 1.29 is 17.6 Å². The molecular formula is C10H14F3NOSi. The second-order valence-corrected chi connectivity index (χ2v) is 8.89. The fourth-order valence-electron chi connectivity index (χ4n) is 1.20. The average molecular weight is 249 g/mol. The van der Waals surface area contributed by atoms with E-state index in [0.717, 1.165) is 6.07 Å². The van der Waals surface area contributed by atoms with Crippen LogP contribution in [0, 0.1) is 0 Å². The third-order valence-corrected chi connectivity index (χ3v) is 2.60. The predicted octanol–water partition coefficient (Wildman–Crippen LogP) is 3.50. The van der Waals surface area contributed by atoms with E-state index >= 15 is 0 Å². The van der Waals surface area contributed by atoms with Gasteiger partial charge in [-0.2, -0.15) is 13.2 Å². The van der Waals surface area contributed by atoms with Crippen molar-refractivity contribution in [3.05, 3.63) is 23.8 Å². The van der Waals surface area contributed by atoms with E-state index in [1.807, 2.05) is 19.6 Å². The summed E-state index contributed by atoms with van der Waals surface area (Å²) in [7, 11) is -1.91. The zero-order valence-electron chi connectivity index (χ0n) is 9.35. The van der Waals surface area contributed by atoms with Crippen molar-refractivity contribution in [1.82, 2.24) is 0 Å². The van der Waals surface area contributed by atoms with Crippen molar-refractivity contribution >= 4 is 14.0 Å². The standard InChI is InChI=1S/C10H14F3NOSi/c1-16(2,3)15-7-4-5-9(14)8(6-7)10(11,12)13/h4-6H,14H2,1-3H3. The summed E-state index contributed by atoms with van der Waals surface area (Å²) in [5, 5.41) is 0. The molecule has 0 saturated heterocycles. The zero-order valence-corrected chi connectivity index (χ0v) is 10.4. The van der Waals surface area contributed by atoms with E-state index in [1.165, 1.54) is 12.1 Å². The predicted molar refractivity (Wildman–Crippen MR) is 59.8 cm³/mol. The fraction of sp³-hybridized carbons (Fsp3) is 0.400. The van der Waals surface area contributed by atoms with Gasteiger partial charge in [0.2, 0.25) is 8.32 Å². The molecule has 16 heavy (non-hydrogen) atoms. The monoisotopic (exact) mass is 249 g/mol. The Kier molecular flexibility index (Phi) is 3.23. The Labute approximate surface area is 93.3 Å². The third-order valence-electron chi connectivity index (χ3n) is 1.75. The molecule has 2 N–H and O–H groups in total. The second kappa shape index (κ2) is 4.01. The Morgan fingerprint density at radius 3 is 2.19 bits per heavy atom. The topological polar surface area (TPSA) is 35.2 Å². The summed E-state index contributed by atoms with van der Waals surface area (Å²) in [5.41, 5.74) is 4.15. The Morgan fingerprint density at radius 2 is 1.75 bits per heavy atom. The molecule has 0 aliphatic heterocycles. The first-order chi connectivity index (χ1) is 7.09. The number of hydrogen-bond donors (Lipinski definition) is 1. The van der Waals surface area contributed by atoms with Crippen LogP contribution >= 0.6 is 0 Å². The third kappa shape index (κ3) is 3.44. The van der Waals surface area contributed by atoms with E-state index in [-0.39, 0.29) is 11.4 Å². The van der Waals surface area contributed by atoms with Gasteiger partial charge in [-0.3, -0.25) is 0 Å². The van der Waals surface area contributed by atoms with Crippen LogP contribution in [0.3, 0.4) is 0 Å². The van der Waals surface area contributed by atoms with Crippen molar-refractivity contribution in [3.63, 3.8) is 0 Å². The van der Waals surface area contributed by atoms with Gasteiger partial charge >= 0.3 is 6.18 Å². The van der Waals surface area contributed by atoms with E-state index in [9.17, 15) is 13.2 Å². The molecule has 0 aromatic heterocycles. The lowest BCUT2D eigenvalue weighted by molar-refractivity contribution is -0.137. The van der Waals surface area contributed by atoms with Gasteiger partial charge in [-0.1, -0.05) is 0 Å². The first kappa shape index (κ1) is 12.9. The largest absolute Gasteiger partial charge is 0.544 e. The van der Waals surface area contributed by atoms with E-state index in [2.05, 4.69) is 0 Å². The molecule has 0 heterocycles. The molecule has 1 aromatic carbocycles. The smallest absolute Gasteiger partial charge is 0.418 e. The van der Waals surface area contributed by atoms with E-state index in [1.54, 1.807) is 0 Å². The van der Waals surface area contributed by atoms with Gasteiger partial charge in [0.1, 0.15) is 5.75 Å². The quantitative estimate of drug-likeness (QED) is 0.643. The average Bonchev–Trinajstić information content (AvgIpc) is 2.04. The molecule has 0 atom stereocenters. The maximum absolute atomic E-state index is 12.5. The molecule has 90 valence electrons. The molecule has 0 unspecified atom stereocenters. The van der Waals surface area contributed by atoms with Crippen molar-refractivity contribution in [2.45, 2.75) is 25.8 Å². The van der Waals surface area contributed by atoms with Gasteiger partial charge in [-0.05, 0) is 37.8 Å². The molecule has 0 amide bonds. The van der Waals surface area contributed by atoms with Crippen LogP contribution in [-0.4, -0.2) is 8.32 Å². The maximum Gasteiger partial charge on any atom is 0.418 e. The minimum atomic E-state index is -4.44. The Hall–Kier alpha value is -1.17. The van der Waals surface area contributed by atoms with Crippen LogP contribution in [-0.2, 0) is 6.18 Å². The first-order valence-corrected chi connectivity index (χ1v) is 8.16. The number of benzene rings is 1. The molecule has 0 radical (unpaired) electrons. The van der Waals surface area contributed by atoms with Crippen LogP contribution in [0.5, 0.6) is 5.75 Å². The summed E-state index contributed by atoms with van der Waals surface area (Å²) in [6, 6.07) is 3.63. The molecule has 0 fully saturated rings. The number of nitrogen functional groups attached to an aromatic ring is 1. The lowest BCUT2D eigenvalue weighted by atomic mass is 10.1. The molecule has 0 aliphatic carbocycles. The van der Waals surface area contributed by atoms with Crippen LogP contribution in [0.25, 0.3) is 0 Å². The Bertz CT molecular complexity index is 385. The normalized spacial score (nSPS) is 12.6. The van der Waals surface area contributed by atoms with Crippen molar-refractivity contribution in [2.24, 2.45) is 0 Å². The van der Waals surface area contributed by atoms with Crippen LogP contribution in [0.4, 0.5) is 18.9 Å². The number of halogens is 3.